The predicted octanol–water partition coefficient (Wildman–Crippen LogP) is 5.51. The van der Waals surface area contributed by atoms with Gasteiger partial charge >= 0.3 is 0 Å². The van der Waals surface area contributed by atoms with E-state index in [1.54, 1.807) is 39.9 Å². The summed E-state index contributed by atoms with van der Waals surface area (Å²) in [6.07, 6.45) is 6.54. The van der Waals surface area contributed by atoms with Gasteiger partial charge in [-0.25, -0.2) is 9.50 Å². The summed E-state index contributed by atoms with van der Waals surface area (Å²) in [6, 6.07) is 15.4. The molecule has 0 fully saturated rings. The van der Waals surface area contributed by atoms with Crippen molar-refractivity contribution in [2.24, 2.45) is 0 Å². The van der Waals surface area contributed by atoms with Crippen LogP contribution in [0.15, 0.2) is 73.3 Å². The van der Waals surface area contributed by atoms with Crippen LogP contribution in [0.2, 0.25) is 10.0 Å². The molecule has 0 aliphatic heterocycles. The molecule has 164 valence electrons. The molecule has 0 spiro atoms. The fourth-order valence-electron chi connectivity index (χ4n) is 3.53. The lowest BCUT2D eigenvalue weighted by molar-refractivity contribution is 0.102. The second kappa shape index (κ2) is 8.69. The molecule has 0 radical (unpaired) electrons. The van der Waals surface area contributed by atoms with Crippen molar-refractivity contribution in [2.75, 3.05) is 5.32 Å². The minimum atomic E-state index is -0.312. The fourth-order valence-corrected chi connectivity index (χ4v) is 3.85. The smallest absolute Gasteiger partial charge is 0.261 e. The Hall–Kier alpha value is -3.68. The number of aryl methyl sites for hydroxylation is 1. The Morgan fingerprint density at radius 1 is 1.00 bits per heavy atom. The van der Waals surface area contributed by atoms with E-state index in [9.17, 15) is 4.79 Å². The zero-order chi connectivity index (χ0) is 22.9. The standard InChI is InChI=1S/C24H18Cl2N6O/c1-15-2-5-17(6-3-15)22-8-9-27-23-19(12-29-32(22)23)24(33)30-18-11-28-31(14-18)13-16-4-7-20(25)21(26)10-16/h2-12,14H,13H2,1H3,(H,30,33). The molecule has 0 atom stereocenters. The van der Waals surface area contributed by atoms with Crippen LogP contribution in [-0.4, -0.2) is 30.3 Å². The highest BCUT2D eigenvalue weighted by Crippen LogP contribution is 2.24. The summed E-state index contributed by atoms with van der Waals surface area (Å²) in [4.78, 5) is 17.3. The van der Waals surface area contributed by atoms with Gasteiger partial charge in [-0.05, 0) is 30.7 Å². The summed E-state index contributed by atoms with van der Waals surface area (Å²) in [6.45, 7) is 2.53. The molecule has 0 aliphatic rings. The third-order valence-corrected chi connectivity index (χ3v) is 5.95. The Morgan fingerprint density at radius 3 is 2.61 bits per heavy atom. The van der Waals surface area contributed by atoms with E-state index < -0.39 is 0 Å². The average molecular weight is 477 g/mol. The van der Waals surface area contributed by atoms with E-state index in [1.165, 1.54) is 11.8 Å². The lowest BCUT2D eigenvalue weighted by atomic mass is 10.1. The number of hydrogen-bond donors (Lipinski definition) is 1. The van der Waals surface area contributed by atoms with Gasteiger partial charge in [-0.3, -0.25) is 9.48 Å². The highest BCUT2D eigenvalue weighted by molar-refractivity contribution is 6.42. The SMILES string of the molecule is Cc1ccc(-c2ccnc3c(C(=O)Nc4cnn(Cc5ccc(Cl)c(Cl)c5)c4)cnn23)cc1. The van der Waals surface area contributed by atoms with Crippen molar-refractivity contribution in [1.29, 1.82) is 0 Å². The molecular formula is C24H18Cl2N6O. The Balaban J connectivity index is 1.36. The number of amides is 1. The van der Waals surface area contributed by atoms with Crippen molar-refractivity contribution in [3.05, 3.63) is 100 Å². The van der Waals surface area contributed by atoms with E-state index in [4.69, 9.17) is 23.2 Å². The minimum absolute atomic E-state index is 0.312. The minimum Gasteiger partial charge on any atom is -0.319 e. The van der Waals surface area contributed by atoms with E-state index in [1.807, 2.05) is 43.3 Å². The zero-order valence-corrected chi connectivity index (χ0v) is 19.0. The average Bonchev–Trinajstić information content (AvgIpc) is 3.43. The molecule has 1 amide bonds. The van der Waals surface area contributed by atoms with Crippen LogP contribution in [0.25, 0.3) is 16.9 Å². The topological polar surface area (TPSA) is 77.1 Å². The number of halogens is 2. The molecule has 9 heteroatoms. The van der Waals surface area contributed by atoms with Gasteiger partial charge in [-0.1, -0.05) is 59.1 Å². The Morgan fingerprint density at radius 2 is 1.82 bits per heavy atom. The number of rotatable bonds is 5. The zero-order valence-electron chi connectivity index (χ0n) is 17.5. The van der Waals surface area contributed by atoms with Crippen molar-refractivity contribution in [1.82, 2.24) is 24.4 Å². The third kappa shape index (κ3) is 4.33. The number of carbonyl (C=O) groups excluding carboxylic acids is 1. The molecule has 0 bridgehead atoms. The molecule has 3 heterocycles. The number of benzene rings is 2. The van der Waals surface area contributed by atoms with Gasteiger partial charge in [0.15, 0.2) is 5.65 Å². The van der Waals surface area contributed by atoms with Gasteiger partial charge in [-0.2, -0.15) is 10.2 Å². The first-order chi connectivity index (χ1) is 16.0. The van der Waals surface area contributed by atoms with Crippen molar-refractivity contribution in [2.45, 2.75) is 13.5 Å². The highest BCUT2D eigenvalue weighted by Gasteiger charge is 2.17. The predicted molar refractivity (Wildman–Crippen MR) is 129 cm³/mol. The number of aromatic nitrogens is 5. The van der Waals surface area contributed by atoms with Gasteiger partial charge < -0.3 is 5.32 Å². The molecule has 1 N–H and O–H groups in total. The van der Waals surface area contributed by atoms with E-state index in [-0.39, 0.29) is 5.91 Å². The highest BCUT2D eigenvalue weighted by atomic mass is 35.5. The first-order valence-electron chi connectivity index (χ1n) is 10.2. The molecule has 3 aromatic heterocycles. The van der Waals surface area contributed by atoms with E-state index in [2.05, 4.69) is 20.5 Å². The maximum Gasteiger partial charge on any atom is 0.261 e. The summed E-state index contributed by atoms with van der Waals surface area (Å²) in [7, 11) is 0. The number of nitrogens with one attached hydrogen (secondary N) is 1. The molecular weight excluding hydrogens is 459 g/mol. The van der Waals surface area contributed by atoms with E-state index >= 15 is 0 Å². The van der Waals surface area contributed by atoms with E-state index in [0.29, 0.717) is 33.5 Å². The van der Waals surface area contributed by atoms with Gasteiger partial charge in [0, 0.05) is 18.0 Å². The molecule has 5 rings (SSSR count). The Bertz CT molecular complexity index is 1470. The van der Waals surface area contributed by atoms with Gasteiger partial charge in [0.2, 0.25) is 0 Å². The quantitative estimate of drug-likeness (QED) is 0.362. The van der Waals surface area contributed by atoms with Gasteiger partial charge in [-0.15, -0.1) is 0 Å². The molecule has 33 heavy (non-hydrogen) atoms. The van der Waals surface area contributed by atoms with Crippen LogP contribution < -0.4 is 5.32 Å². The van der Waals surface area contributed by atoms with Gasteiger partial charge in [0.05, 0.1) is 40.4 Å². The number of nitrogens with zero attached hydrogens (tertiary/aromatic N) is 5. The molecule has 0 saturated carbocycles. The van der Waals surface area contributed by atoms with Crippen LogP contribution in [0, 0.1) is 6.92 Å². The number of anilines is 1. The number of carbonyl (C=O) groups is 1. The van der Waals surface area contributed by atoms with Gasteiger partial charge in [0.25, 0.3) is 5.91 Å². The molecule has 0 unspecified atom stereocenters. The molecule has 7 nitrogen and oxygen atoms in total. The summed E-state index contributed by atoms with van der Waals surface area (Å²) < 4.78 is 3.38. The van der Waals surface area contributed by atoms with Crippen molar-refractivity contribution in [3.63, 3.8) is 0 Å². The lowest BCUT2D eigenvalue weighted by Crippen LogP contribution is -2.11. The Kier molecular flexibility index (Phi) is 5.58. The molecule has 5 aromatic rings. The second-order valence-electron chi connectivity index (χ2n) is 7.62. The second-order valence-corrected chi connectivity index (χ2v) is 8.43. The molecule has 0 saturated heterocycles. The molecule has 0 aliphatic carbocycles. The van der Waals surface area contributed by atoms with E-state index in [0.717, 1.165) is 16.8 Å². The van der Waals surface area contributed by atoms with Crippen molar-refractivity contribution in [3.8, 4) is 11.3 Å². The number of fused-ring (bicyclic) bond motifs is 1. The maximum atomic E-state index is 13.0. The van der Waals surface area contributed by atoms with Gasteiger partial charge in [0.1, 0.15) is 5.56 Å². The van der Waals surface area contributed by atoms with Crippen LogP contribution in [0.3, 0.4) is 0 Å². The van der Waals surface area contributed by atoms with Crippen LogP contribution in [-0.2, 0) is 6.54 Å². The lowest BCUT2D eigenvalue weighted by Gasteiger charge is -2.06. The van der Waals surface area contributed by atoms with Crippen molar-refractivity contribution < 1.29 is 4.79 Å². The molecule has 2 aromatic carbocycles. The third-order valence-electron chi connectivity index (χ3n) is 5.21. The van der Waals surface area contributed by atoms with Crippen LogP contribution in [0.1, 0.15) is 21.5 Å². The van der Waals surface area contributed by atoms with Crippen molar-refractivity contribution >= 4 is 40.4 Å². The first kappa shape index (κ1) is 21.2. The summed E-state index contributed by atoms with van der Waals surface area (Å²) >= 11 is 12.1. The van der Waals surface area contributed by atoms with Crippen LogP contribution in [0.5, 0.6) is 0 Å². The summed E-state index contributed by atoms with van der Waals surface area (Å²) in [5, 5.41) is 12.6. The fraction of sp³-hybridized carbons (Fsp3) is 0.0833. The normalized spacial score (nSPS) is 11.1. The monoisotopic (exact) mass is 476 g/mol. The summed E-state index contributed by atoms with van der Waals surface area (Å²) in [5.41, 5.74) is 5.38. The maximum absolute atomic E-state index is 13.0. The van der Waals surface area contributed by atoms with Crippen LogP contribution in [0.4, 0.5) is 5.69 Å². The largest absolute Gasteiger partial charge is 0.319 e. The number of hydrogen-bond acceptors (Lipinski definition) is 4. The first-order valence-corrected chi connectivity index (χ1v) is 10.9. The summed E-state index contributed by atoms with van der Waals surface area (Å²) in [5.74, 6) is -0.312. The Labute approximate surface area is 199 Å². The van der Waals surface area contributed by atoms with Crippen LogP contribution >= 0.6 is 23.2 Å².